The molecule has 0 aromatic heterocycles. The van der Waals surface area contributed by atoms with Gasteiger partial charge in [-0.05, 0) is 5.57 Å². The molecule has 0 aromatic carbocycles. The smallest absolute Gasteiger partial charge is 0.313 e. The predicted octanol–water partition coefficient (Wildman–Crippen LogP) is 2.50. The molecule has 1 rings (SSSR count). The largest absolute Gasteiger partial charge is 0.469 e. The molecule has 0 bridgehead atoms. The lowest BCUT2D eigenvalue weighted by Crippen LogP contribution is -2.07. The molecule has 1 fully saturated rings. The monoisotopic (exact) mass is 208 g/mol. The lowest BCUT2D eigenvalue weighted by atomic mass is 10.1. The molecule has 0 radical (unpaired) electrons. The fourth-order valence-electron chi connectivity index (χ4n) is 1.43. The number of ether oxygens (including phenoxy) is 1. The first-order valence-corrected chi connectivity index (χ1v) is 4.32. The van der Waals surface area contributed by atoms with Crippen molar-refractivity contribution >= 4 is 29.2 Å². The van der Waals surface area contributed by atoms with Crippen LogP contribution in [0.3, 0.4) is 0 Å². The lowest BCUT2D eigenvalue weighted by molar-refractivity contribution is -0.142. The highest BCUT2D eigenvalue weighted by molar-refractivity contribution is 6.56. The van der Waals surface area contributed by atoms with Crippen LogP contribution in [0.4, 0.5) is 0 Å². The van der Waals surface area contributed by atoms with Gasteiger partial charge in [-0.3, -0.25) is 4.79 Å². The van der Waals surface area contributed by atoms with Crippen LogP contribution < -0.4 is 0 Å². The number of esters is 1. The molecule has 12 heavy (non-hydrogen) atoms. The van der Waals surface area contributed by atoms with Crippen LogP contribution in [0.1, 0.15) is 13.8 Å². The van der Waals surface area contributed by atoms with Crippen LogP contribution in [0.25, 0.3) is 0 Å². The molecule has 4 heteroatoms. The van der Waals surface area contributed by atoms with Crippen molar-refractivity contribution in [3.63, 3.8) is 0 Å². The molecule has 0 aliphatic heterocycles. The van der Waals surface area contributed by atoms with E-state index < -0.39 is 0 Å². The summed E-state index contributed by atoms with van der Waals surface area (Å²) in [5.41, 5.74) is 0.545. The molecule has 1 aliphatic rings. The second-order valence-electron chi connectivity index (χ2n) is 3.35. The highest BCUT2D eigenvalue weighted by Crippen LogP contribution is 2.60. The molecule has 2 nitrogen and oxygen atoms in total. The Morgan fingerprint density at radius 1 is 1.50 bits per heavy atom. The van der Waals surface area contributed by atoms with Gasteiger partial charge in [0.15, 0.2) is 0 Å². The zero-order valence-corrected chi connectivity index (χ0v) is 8.66. The summed E-state index contributed by atoms with van der Waals surface area (Å²) in [6.45, 7) is 3.82. The van der Waals surface area contributed by atoms with Gasteiger partial charge in [0.05, 0.1) is 13.0 Å². The van der Waals surface area contributed by atoms with Gasteiger partial charge in [-0.1, -0.05) is 37.0 Å². The van der Waals surface area contributed by atoms with Gasteiger partial charge in [0.2, 0.25) is 0 Å². The van der Waals surface area contributed by atoms with Crippen LogP contribution >= 0.6 is 23.2 Å². The molecule has 0 saturated heterocycles. The van der Waals surface area contributed by atoms with Crippen molar-refractivity contribution < 1.29 is 9.53 Å². The average molecular weight is 209 g/mol. The molecule has 1 atom stereocenters. The number of carbonyl (C=O) groups excluding carboxylic acids is 1. The Morgan fingerprint density at radius 3 is 2.25 bits per heavy atom. The van der Waals surface area contributed by atoms with Crippen LogP contribution in [-0.2, 0) is 9.53 Å². The highest BCUT2D eigenvalue weighted by atomic mass is 35.5. The van der Waals surface area contributed by atoms with E-state index in [0.29, 0.717) is 0 Å². The fraction of sp³-hybridized carbons (Fsp3) is 0.625. The van der Waals surface area contributed by atoms with E-state index in [0.717, 1.165) is 5.57 Å². The van der Waals surface area contributed by atoms with E-state index in [2.05, 4.69) is 4.74 Å². The number of rotatable bonds is 1. The van der Waals surface area contributed by atoms with Gasteiger partial charge in [0.1, 0.15) is 4.49 Å². The normalized spacial score (nSPS) is 25.1. The maximum absolute atomic E-state index is 11.1. The SMILES string of the molecule is COC(=O)C1C(=C(Cl)Cl)C1(C)C. The maximum atomic E-state index is 11.1. The van der Waals surface area contributed by atoms with Gasteiger partial charge < -0.3 is 4.74 Å². The molecule has 1 aliphatic carbocycles. The molecule has 1 unspecified atom stereocenters. The molecular weight excluding hydrogens is 199 g/mol. The summed E-state index contributed by atoms with van der Waals surface area (Å²) in [6.07, 6.45) is 0. The summed E-state index contributed by atoms with van der Waals surface area (Å²) in [5.74, 6) is -0.527. The van der Waals surface area contributed by atoms with Crippen molar-refractivity contribution in [2.24, 2.45) is 11.3 Å². The summed E-state index contributed by atoms with van der Waals surface area (Å²) >= 11 is 11.2. The molecular formula is C8H10Cl2O2. The van der Waals surface area contributed by atoms with Gasteiger partial charge in [0, 0.05) is 5.41 Å². The Kier molecular flexibility index (Phi) is 2.41. The Labute approximate surface area is 81.5 Å². The van der Waals surface area contributed by atoms with E-state index in [9.17, 15) is 4.79 Å². The van der Waals surface area contributed by atoms with Crippen molar-refractivity contribution in [1.29, 1.82) is 0 Å². The molecule has 0 N–H and O–H groups in total. The van der Waals surface area contributed by atoms with Crippen LogP contribution in [0.5, 0.6) is 0 Å². The third-order valence-corrected chi connectivity index (χ3v) is 2.67. The Hall–Kier alpha value is -0.210. The van der Waals surface area contributed by atoms with Crippen molar-refractivity contribution in [3.8, 4) is 0 Å². The van der Waals surface area contributed by atoms with Crippen molar-refractivity contribution in [2.75, 3.05) is 7.11 Å². The molecule has 0 amide bonds. The van der Waals surface area contributed by atoms with Crippen LogP contribution in [0, 0.1) is 11.3 Å². The molecule has 0 heterocycles. The number of hydrogen-bond donors (Lipinski definition) is 0. The van der Waals surface area contributed by atoms with E-state index in [4.69, 9.17) is 23.2 Å². The van der Waals surface area contributed by atoms with E-state index in [1.54, 1.807) is 0 Å². The predicted molar refractivity (Wildman–Crippen MR) is 48.0 cm³/mol. The van der Waals surface area contributed by atoms with Crippen LogP contribution in [0.2, 0.25) is 0 Å². The second kappa shape index (κ2) is 2.93. The molecule has 0 spiro atoms. The Bertz CT molecular complexity index is 252. The first kappa shape index (κ1) is 9.87. The van der Waals surface area contributed by atoms with Crippen LogP contribution in [0.15, 0.2) is 10.1 Å². The zero-order chi connectivity index (χ0) is 9.52. The van der Waals surface area contributed by atoms with Crippen molar-refractivity contribution in [2.45, 2.75) is 13.8 Å². The minimum atomic E-state index is -0.270. The molecule has 0 aromatic rings. The summed E-state index contributed by atoms with van der Waals surface area (Å²) in [5, 5.41) is 0. The minimum absolute atomic E-state index is 0.190. The number of halogens is 2. The van der Waals surface area contributed by atoms with E-state index in [1.807, 2.05) is 13.8 Å². The van der Waals surface area contributed by atoms with Gasteiger partial charge in [-0.2, -0.15) is 0 Å². The summed E-state index contributed by atoms with van der Waals surface area (Å²) in [6, 6.07) is 0. The number of methoxy groups -OCH3 is 1. The minimum Gasteiger partial charge on any atom is -0.469 e. The Balaban J connectivity index is 2.88. The average Bonchev–Trinajstić information content (AvgIpc) is 2.52. The fourth-order valence-corrected chi connectivity index (χ4v) is 2.14. The quantitative estimate of drug-likeness (QED) is 0.620. The van der Waals surface area contributed by atoms with Gasteiger partial charge >= 0.3 is 5.97 Å². The first-order chi connectivity index (χ1) is 5.42. The van der Waals surface area contributed by atoms with E-state index >= 15 is 0 Å². The van der Waals surface area contributed by atoms with Crippen LogP contribution in [-0.4, -0.2) is 13.1 Å². The topological polar surface area (TPSA) is 26.3 Å². The third-order valence-electron chi connectivity index (χ3n) is 2.26. The van der Waals surface area contributed by atoms with Gasteiger partial charge in [0.25, 0.3) is 0 Å². The Morgan fingerprint density at radius 2 is 2.00 bits per heavy atom. The molecule has 68 valence electrons. The maximum Gasteiger partial charge on any atom is 0.313 e. The standard InChI is InChI=1S/C8H10Cl2O2/c1-8(2)4(6(9)10)5(8)7(11)12-3/h5H,1-3H3. The third kappa shape index (κ3) is 1.34. The van der Waals surface area contributed by atoms with E-state index in [1.165, 1.54) is 7.11 Å². The summed E-state index contributed by atoms with van der Waals surface area (Å²) in [4.78, 5) is 11.1. The first-order valence-electron chi connectivity index (χ1n) is 3.56. The summed E-state index contributed by atoms with van der Waals surface area (Å²) in [7, 11) is 1.36. The lowest BCUT2D eigenvalue weighted by Gasteiger charge is -1.97. The van der Waals surface area contributed by atoms with Crippen molar-refractivity contribution in [3.05, 3.63) is 10.1 Å². The van der Waals surface area contributed by atoms with Crippen molar-refractivity contribution in [1.82, 2.24) is 0 Å². The number of hydrogen-bond acceptors (Lipinski definition) is 2. The number of carbonyl (C=O) groups is 1. The van der Waals surface area contributed by atoms with Gasteiger partial charge in [-0.25, -0.2) is 0 Å². The second-order valence-corrected chi connectivity index (χ2v) is 4.30. The van der Waals surface area contributed by atoms with E-state index in [-0.39, 0.29) is 21.8 Å². The molecule has 1 saturated carbocycles. The highest BCUT2D eigenvalue weighted by Gasteiger charge is 2.59. The van der Waals surface area contributed by atoms with Gasteiger partial charge in [-0.15, -0.1) is 0 Å². The summed E-state index contributed by atoms with van der Waals surface area (Å²) < 4.78 is 4.79. The zero-order valence-electron chi connectivity index (χ0n) is 7.15.